The highest BCUT2D eigenvalue weighted by atomic mass is 19.4. The molecule has 2 aromatic carbocycles. The maximum atomic E-state index is 12.9. The molecule has 0 unspecified atom stereocenters. The first-order valence-electron chi connectivity index (χ1n) is 9.93. The number of nitrogens with one attached hydrogen (secondary N) is 1. The molecule has 0 fully saturated rings. The van der Waals surface area contributed by atoms with E-state index in [4.69, 9.17) is 0 Å². The minimum absolute atomic E-state index is 0.582. The quantitative estimate of drug-likeness (QED) is 0.605. The number of fused-ring (bicyclic) bond motifs is 1. The minimum atomic E-state index is -4.30. The first kappa shape index (κ1) is 19.7. The van der Waals surface area contributed by atoms with E-state index in [-0.39, 0.29) is 0 Å². The molecule has 0 aliphatic carbocycles. The second-order valence-corrected chi connectivity index (χ2v) is 7.60. The maximum Gasteiger partial charge on any atom is 0.416 e. The average Bonchev–Trinajstić information content (AvgIpc) is 3.09. The number of aryl methyl sites for hydroxylation is 2. The molecule has 1 aromatic heterocycles. The number of para-hydroxylation sites is 1. The van der Waals surface area contributed by atoms with Crippen molar-refractivity contribution in [1.82, 2.24) is 14.9 Å². The van der Waals surface area contributed by atoms with Crippen LogP contribution in [-0.4, -0.2) is 34.5 Å². The number of halogens is 3. The highest BCUT2D eigenvalue weighted by Gasteiger charge is 2.30. The van der Waals surface area contributed by atoms with E-state index in [9.17, 15) is 13.2 Å². The summed E-state index contributed by atoms with van der Waals surface area (Å²) in [4.78, 5) is 10.2. The van der Waals surface area contributed by atoms with Gasteiger partial charge in [-0.15, -0.1) is 0 Å². The lowest BCUT2D eigenvalue weighted by Crippen LogP contribution is -2.29. The fourth-order valence-corrected chi connectivity index (χ4v) is 3.98. The van der Waals surface area contributed by atoms with Crippen LogP contribution < -0.4 is 0 Å². The van der Waals surface area contributed by atoms with Crippen molar-refractivity contribution in [2.24, 2.45) is 0 Å². The molecule has 1 aliphatic heterocycles. The van der Waals surface area contributed by atoms with Crippen LogP contribution in [0.25, 0.3) is 16.6 Å². The first-order chi connectivity index (χ1) is 13.9. The van der Waals surface area contributed by atoms with Crippen molar-refractivity contribution >= 4 is 16.6 Å². The van der Waals surface area contributed by atoms with Gasteiger partial charge in [0.05, 0.1) is 16.6 Å². The number of benzene rings is 2. The van der Waals surface area contributed by atoms with E-state index < -0.39 is 11.7 Å². The molecule has 29 heavy (non-hydrogen) atoms. The van der Waals surface area contributed by atoms with Crippen LogP contribution in [0.3, 0.4) is 0 Å². The molecule has 3 aromatic rings. The number of alkyl halides is 3. The summed E-state index contributed by atoms with van der Waals surface area (Å²) in [5, 5.41) is 0. The summed E-state index contributed by atoms with van der Waals surface area (Å²) in [7, 11) is 0. The van der Waals surface area contributed by atoms with Gasteiger partial charge in [-0.05, 0) is 67.6 Å². The van der Waals surface area contributed by atoms with E-state index in [1.54, 1.807) is 6.07 Å². The smallest absolute Gasteiger partial charge is 0.342 e. The summed E-state index contributed by atoms with van der Waals surface area (Å²) >= 11 is 0. The topological polar surface area (TPSA) is 31.9 Å². The molecular weight excluding hydrogens is 375 g/mol. The van der Waals surface area contributed by atoms with Crippen LogP contribution in [0.1, 0.15) is 35.4 Å². The van der Waals surface area contributed by atoms with Gasteiger partial charge >= 0.3 is 6.18 Å². The molecule has 0 amide bonds. The zero-order chi connectivity index (χ0) is 20.4. The third-order valence-electron chi connectivity index (χ3n) is 5.49. The minimum Gasteiger partial charge on any atom is -0.342 e. The maximum absolute atomic E-state index is 12.9. The second kappa shape index (κ2) is 8.03. The Morgan fingerprint density at radius 3 is 2.72 bits per heavy atom. The number of hydrogen-bond donors (Lipinski definition) is 1. The summed E-state index contributed by atoms with van der Waals surface area (Å²) in [5.41, 5.74) is 4.48. The summed E-state index contributed by atoms with van der Waals surface area (Å²) in [6, 6.07) is 11.9. The van der Waals surface area contributed by atoms with Crippen molar-refractivity contribution in [1.29, 1.82) is 0 Å². The highest BCUT2D eigenvalue weighted by molar-refractivity contribution is 5.78. The fraction of sp³-hybridized carbons (Fsp3) is 0.348. The molecule has 4 rings (SSSR count). The molecule has 1 N–H and O–H groups in total. The SMILES string of the molecule is Cc1nc2c(CCCN3CC=C(c4cccc(C(F)(F)F)c4)CC3)cccc2[nH]1. The van der Waals surface area contributed by atoms with Crippen LogP contribution in [-0.2, 0) is 12.6 Å². The molecular formula is C23H24F3N3. The van der Waals surface area contributed by atoms with E-state index in [1.165, 1.54) is 17.7 Å². The van der Waals surface area contributed by atoms with Gasteiger partial charge in [-0.25, -0.2) is 4.98 Å². The number of nitrogens with zero attached hydrogens (tertiary/aromatic N) is 2. The molecule has 0 radical (unpaired) electrons. The zero-order valence-corrected chi connectivity index (χ0v) is 16.4. The Balaban J connectivity index is 1.34. The van der Waals surface area contributed by atoms with Crippen LogP contribution >= 0.6 is 0 Å². The predicted octanol–water partition coefficient (Wildman–Crippen LogP) is 5.61. The van der Waals surface area contributed by atoms with E-state index in [2.05, 4.69) is 33.1 Å². The summed E-state index contributed by atoms with van der Waals surface area (Å²) < 4.78 is 38.8. The van der Waals surface area contributed by atoms with E-state index in [0.29, 0.717) is 5.56 Å². The standard InChI is InChI=1S/C23H24F3N3/c1-16-27-21-9-3-5-18(22(21)28-16)7-4-12-29-13-10-17(11-14-29)19-6-2-8-20(15-19)23(24,25)26/h2-3,5-6,8-10,15H,4,7,11-14H2,1H3,(H,27,28). The lowest BCUT2D eigenvalue weighted by atomic mass is 9.97. The Labute approximate surface area is 168 Å². The van der Waals surface area contributed by atoms with Gasteiger partial charge < -0.3 is 4.98 Å². The Bertz CT molecular complexity index is 1030. The van der Waals surface area contributed by atoms with Crippen LogP contribution in [0.15, 0.2) is 48.5 Å². The van der Waals surface area contributed by atoms with Gasteiger partial charge in [-0.1, -0.05) is 30.3 Å². The monoisotopic (exact) mass is 399 g/mol. The second-order valence-electron chi connectivity index (χ2n) is 7.60. The van der Waals surface area contributed by atoms with Crippen molar-refractivity contribution in [3.63, 3.8) is 0 Å². The predicted molar refractivity (Wildman–Crippen MR) is 110 cm³/mol. The van der Waals surface area contributed by atoms with Crippen LogP contribution in [0.4, 0.5) is 13.2 Å². The Kier molecular flexibility index (Phi) is 5.46. The highest BCUT2D eigenvalue weighted by Crippen LogP contribution is 2.32. The van der Waals surface area contributed by atoms with Crippen LogP contribution in [0.5, 0.6) is 0 Å². The number of aromatic amines is 1. The molecule has 0 spiro atoms. The molecule has 1 aliphatic rings. The van der Waals surface area contributed by atoms with E-state index in [0.717, 1.165) is 67.4 Å². The van der Waals surface area contributed by atoms with Gasteiger partial charge in [0.25, 0.3) is 0 Å². The fourth-order valence-electron chi connectivity index (χ4n) is 3.98. The van der Waals surface area contributed by atoms with Crippen molar-refractivity contribution in [3.05, 3.63) is 71.1 Å². The molecule has 0 saturated carbocycles. The van der Waals surface area contributed by atoms with Gasteiger partial charge in [-0.2, -0.15) is 13.2 Å². The molecule has 0 saturated heterocycles. The van der Waals surface area contributed by atoms with Crippen molar-refractivity contribution < 1.29 is 13.2 Å². The van der Waals surface area contributed by atoms with Crippen molar-refractivity contribution in [2.45, 2.75) is 32.4 Å². The van der Waals surface area contributed by atoms with Gasteiger partial charge in [0, 0.05) is 13.1 Å². The number of H-pyrrole nitrogens is 1. The van der Waals surface area contributed by atoms with Gasteiger partial charge in [0.1, 0.15) is 5.82 Å². The van der Waals surface area contributed by atoms with Crippen molar-refractivity contribution in [2.75, 3.05) is 19.6 Å². The van der Waals surface area contributed by atoms with E-state index >= 15 is 0 Å². The molecule has 2 heterocycles. The molecule has 3 nitrogen and oxygen atoms in total. The largest absolute Gasteiger partial charge is 0.416 e. The average molecular weight is 399 g/mol. The number of rotatable bonds is 5. The van der Waals surface area contributed by atoms with Gasteiger partial charge in [-0.3, -0.25) is 4.90 Å². The molecule has 0 atom stereocenters. The van der Waals surface area contributed by atoms with Crippen molar-refractivity contribution in [3.8, 4) is 0 Å². The zero-order valence-electron chi connectivity index (χ0n) is 16.4. The summed E-state index contributed by atoms with van der Waals surface area (Å²) in [6.45, 7) is 4.57. The van der Waals surface area contributed by atoms with Gasteiger partial charge in [0.15, 0.2) is 0 Å². The molecule has 152 valence electrons. The number of aromatic nitrogens is 2. The lowest BCUT2D eigenvalue weighted by molar-refractivity contribution is -0.137. The van der Waals surface area contributed by atoms with Gasteiger partial charge in [0.2, 0.25) is 0 Å². The molecule has 0 bridgehead atoms. The Hall–Kier alpha value is -2.60. The Morgan fingerprint density at radius 1 is 1.14 bits per heavy atom. The van der Waals surface area contributed by atoms with Crippen LogP contribution in [0, 0.1) is 6.92 Å². The number of imidazole rings is 1. The van der Waals surface area contributed by atoms with Crippen LogP contribution in [0.2, 0.25) is 0 Å². The lowest BCUT2D eigenvalue weighted by Gasteiger charge is -2.26. The summed E-state index contributed by atoms with van der Waals surface area (Å²) in [6.07, 6.45) is 0.527. The third-order valence-corrected chi connectivity index (χ3v) is 5.49. The Morgan fingerprint density at radius 2 is 1.97 bits per heavy atom. The normalized spacial score (nSPS) is 15.7. The molecule has 6 heteroatoms. The summed E-state index contributed by atoms with van der Waals surface area (Å²) in [5.74, 6) is 0.927. The first-order valence-corrected chi connectivity index (χ1v) is 9.93. The third kappa shape index (κ3) is 4.53. The van der Waals surface area contributed by atoms with E-state index in [1.807, 2.05) is 13.0 Å². The number of hydrogen-bond acceptors (Lipinski definition) is 2.